The van der Waals surface area contributed by atoms with Gasteiger partial charge in [0.25, 0.3) is 0 Å². The molecule has 1 aromatic heterocycles. The second-order valence-corrected chi connectivity index (χ2v) is 7.00. The summed E-state index contributed by atoms with van der Waals surface area (Å²) < 4.78 is 5.39. The molecule has 2 rings (SSSR count). The fraction of sp³-hybridized carbons (Fsp3) is 0.643. The molecule has 0 saturated carbocycles. The van der Waals surface area contributed by atoms with Gasteiger partial charge in [-0.3, -0.25) is 0 Å². The highest BCUT2D eigenvalue weighted by atomic mass is 35.5. The molecule has 0 spiro atoms. The monoisotopic (exact) mass is 312 g/mol. The molecule has 1 saturated heterocycles. The minimum absolute atomic E-state index is 0.273. The number of carbonyl (C=O) groups is 1. The van der Waals surface area contributed by atoms with E-state index < -0.39 is 5.60 Å². The molecular weight excluding hydrogens is 292 g/mol. The molecule has 1 aliphatic rings. The molecule has 1 atom stereocenters. The maximum Gasteiger partial charge on any atom is 0.410 e. The van der Waals surface area contributed by atoms with Gasteiger partial charge in [0.15, 0.2) is 0 Å². The Hall–Kier alpha value is -1.56. The maximum absolute atomic E-state index is 12.1. The second-order valence-electron chi connectivity index (χ2n) is 6.56. The molecular formula is C14H21ClN4O2. The number of aromatic nitrogens is 2. The summed E-state index contributed by atoms with van der Waals surface area (Å²) in [4.78, 5) is 22.0. The van der Waals surface area contributed by atoms with Gasteiger partial charge in [0.05, 0.1) is 23.0 Å². The van der Waals surface area contributed by atoms with Gasteiger partial charge in [0.1, 0.15) is 5.60 Å². The van der Waals surface area contributed by atoms with Gasteiger partial charge in [0, 0.05) is 13.1 Å². The number of likely N-dealkylation sites (tertiary alicyclic amines) is 1. The number of ether oxygens (including phenoxy) is 1. The van der Waals surface area contributed by atoms with Crippen LogP contribution in [0.2, 0.25) is 5.02 Å². The highest BCUT2D eigenvalue weighted by molar-refractivity contribution is 6.30. The Kier molecular flexibility index (Phi) is 4.27. The van der Waals surface area contributed by atoms with E-state index in [1.54, 1.807) is 17.3 Å². The van der Waals surface area contributed by atoms with Gasteiger partial charge in [-0.25, -0.2) is 14.8 Å². The molecule has 116 valence electrons. The van der Waals surface area contributed by atoms with Crippen LogP contribution in [0.1, 0.15) is 34.1 Å². The van der Waals surface area contributed by atoms with E-state index in [2.05, 4.69) is 15.3 Å². The van der Waals surface area contributed by atoms with Crippen molar-refractivity contribution in [3.05, 3.63) is 17.4 Å². The zero-order chi connectivity index (χ0) is 15.7. The highest BCUT2D eigenvalue weighted by Gasteiger charge is 2.38. The first-order chi connectivity index (χ1) is 9.67. The minimum atomic E-state index is -0.483. The van der Waals surface area contributed by atoms with E-state index in [0.29, 0.717) is 24.1 Å². The average Bonchev–Trinajstić information content (AvgIpc) is 2.73. The third kappa shape index (κ3) is 4.46. The standard InChI is InChI=1S/C14H21ClN4O2/c1-13(2,3)21-12(20)19-6-5-14(4,9-19)18-11-16-7-10(15)8-17-11/h7-8H,5-6,9H2,1-4H3,(H,16,17,18). The first-order valence-corrected chi connectivity index (χ1v) is 7.28. The van der Waals surface area contributed by atoms with Crippen LogP contribution in [0.5, 0.6) is 0 Å². The number of hydrogen-bond acceptors (Lipinski definition) is 5. The van der Waals surface area contributed by atoms with Crippen LogP contribution in [-0.4, -0.2) is 45.2 Å². The Morgan fingerprint density at radius 1 is 1.43 bits per heavy atom. The zero-order valence-corrected chi connectivity index (χ0v) is 13.6. The molecule has 1 fully saturated rings. The summed E-state index contributed by atoms with van der Waals surface area (Å²) >= 11 is 5.77. The number of rotatable bonds is 2. The van der Waals surface area contributed by atoms with E-state index >= 15 is 0 Å². The number of nitrogens with zero attached hydrogens (tertiary/aromatic N) is 3. The number of nitrogens with one attached hydrogen (secondary N) is 1. The second kappa shape index (κ2) is 5.67. The van der Waals surface area contributed by atoms with Crippen molar-refractivity contribution in [1.82, 2.24) is 14.9 Å². The molecule has 1 amide bonds. The molecule has 7 heteroatoms. The molecule has 0 aliphatic carbocycles. The molecule has 21 heavy (non-hydrogen) atoms. The van der Waals surface area contributed by atoms with E-state index in [1.165, 1.54) is 0 Å². The summed E-state index contributed by atoms with van der Waals surface area (Å²) in [5.41, 5.74) is -0.756. The van der Waals surface area contributed by atoms with Gasteiger partial charge in [-0.1, -0.05) is 11.6 Å². The van der Waals surface area contributed by atoms with Crippen LogP contribution >= 0.6 is 11.6 Å². The molecule has 1 aromatic rings. The highest BCUT2D eigenvalue weighted by Crippen LogP contribution is 2.26. The lowest BCUT2D eigenvalue weighted by Crippen LogP contribution is -2.41. The summed E-state index contributed by atoms with van der Waals surface area (Å²) in [6.45, 7) is 8.81. The van der Waals surface area contributed by atoms with Crippen molar-refractivity contribution in [3.63, 3.8) is 0 Å². The molecule has 0 aromatic carbocycles. The lowest BCUT2D eigenvalue weighted by atomic mass is 10.0. The third-order valence-corrected chi connectivity index (χ3v) is 3.35. The fourth-order valence-electron chi connectivity index (χ4n) is 2.19. The van der Waals surface area contributed by atoms with Crippen LogP contribution in [0.25, 0.3) is 0 Å². The van der Waals surface area contributed by atoms with Crippen molar-refractivity contribution in [3.8, 4) is 0 Å². The normalized spacial score (nSPS) is 22.2. The van der Waals surface area contributed by atoms with Crippen molar-refractivity contribution in [2.24, 2.45) is 0 Å². The number of anilines is 1. The van der Waals surface area contributed by atoms with Crippen LogP contribution in [0.3, 0.4) is 0 Å². The van der Waals surface area contributed by atoms with Gasteiger partial charge >= 0.3 is 6.09 Å². The van der Waals surface area contributed by atoms with Crippen molar-refractivity contribution >= 4 is 23.6 Å². The molecule has 1 N–H and O–H groups in total. The van der Waals surface area contributed by atoms with Gasteiger partial charge in [0.2, 0.25) is 5.95 Å². The van der Waals surface area contributed by atoms with Crippen molar-refractivity contribution < 1.29 is 9.53 Å². The topological polar surface area (TPSA) is 67.4 Å². The fourth-order valence-corrected chi connectivity index (χ4v) is 2.29. The van der Waals surface area contributed by atoms with Gasteiger partial charge in [-0.15, -0.1) is 0 Å². The Morgan fingerprint density at radius 3 is 2.62 bits per heavy atom. The lowest BCUT2D eigenvalue weighted by Gasteiger charge is -2.27. The predicted octanol–water partition coefficient (Wildman–Crippen LogP) is 2.94. The lowest BCUT2D eigenvalue weighted by molar-refractivity contribution is 0.0287. The molecule has 1 unspecified atom stereocenters. The number of hydrogen-bond donors (Lipinski definition) is 1. The van der Waals surface area contributed by atoms with Crippen molar-refractivity contribution in [1.29, 1.82) is 0 Å². The van der Waals surface area contributed by atoms with Crippen LogP contribution in [-0.2, 0) is 4.74 Å². The molecule has 0 bridgehead atoms. The predicted molar refractivity (Wildman–Crippen MR) is 81.5 cm³/mol. The maximum atomic E-state index is 12.1. The SMILES string of the molecule is CC1(Nc2ncc(Cl)cn2)CCN(C(=O)OC(C)(C)C)C1. The van der Waals surface area contributed by atoms with Crippen LogP contribution in [0.15, 0.2) is 12.4 Å². The van der Waals surface area contributed by atoms with Crippen molar-refractivity contribution in [2.75, 3.05) is 18.4 Å². The Bertz CT molecular complexity index is 515. The van der Waals surface area contributed by atoms with Gasteiger partial charge < -0.3 is 15.0 Å². The first-order valence-electron chi connectivity index (χ1n) is 6.91. The summed E-state index contributed by atoms with van der Waals surface area (Å²) in [5, 5.41) is 3.75. The summed E-state index contributed by atoms with van der Waals surface area (Å²) in [6.07, 6.45) is 3.60. The number of halogens is 1. The number of amides is 1. The van der Waals surface area contributed by atoms with Gasteiger partial charge in [-0.05, 0) is 34.1 Å². The van der Waals surface area contributed by atoms with Crippen LogP contribution in [0, 0.1) is 0 Å². The Labute approximate surface area is 129 Å². The largest absolute Gasteiger partial charge is 0.444 e. The smallest absolute Gasteiger partial charge is 0.410 e. The quantitative estimate of drug-likeness (QED) is 0.909. The first kappa shape index (κ1) is 15.8. The van der Waals surface area contributed by atoms with E-state index in [4.69, 9.17) is 16.3 Å². The van der Waals surface area contributed by atoms with Crippen LogP contribution in [0.4, 0.5) is 10.7 Å². The Morgan fingerprint density at radius 2 is 2.05 bits per heavy atom. The summed E-state index contributed by atoms with van der Waals surface area (Å²) in [5.74, 6) is 0.507. The zero-order valence-electron chi connectivity index (χ0n) is 12.8. The molecule has 1 aliphatic heterocycles. The summed E-state index contributed by atoms with van der Waals surface area (Å²) in [7, 11) is 0. The summed E-state index contributed by atoms with van der Waals surface area (Å²) in [6, 6.07) is 0. The van der Waals surface area contributed by atoms with E-state index in [9.17, 15) is 4.79 Å². The van der Waals surface area contributed by atoms with Crippen molar-refractivity contribution in [2.45, 2.75) is 45.3 Å². The third-order valence-electron chi connectivity index (χ3n) is 3.16. The number of carbonyl (C=O) groups excluding carboxylic acids is 1. The van der Waals surface area contributed by atoms with E-state index in [-0.39, 0.29) is 11.6 Å². The molecule has 2 heterocycles. The molecule has 6 nitrogen and oxygen atoms in total. The Balaban J connectivity index is 1.96. The molecule has 0 radical (unpaired) electrons. The van der Waals surface area contributed by atoms with Gasteiger partial charge in [-0.2, -0.15) is 0 Å². The van der Waals surface area contributed by atoms with Crippen LogP contribution < -0.4 is 5.32 Å². The minimum Gasteiger partial charge on any atom is -0.444 e. The average molecular weight is 313 g/mol. The van der Waals surface area contributed by atoms with E-state index in [0.717, 1.165) is 6.42 Å². The van der Waals surface area contributed by atoms with E-state index in [1.807, 2.05) is 27.7 Å².